The number of nitrogens with zero attached hydrogens (tertiary/aromatic N) is 3. The number of ether oxygens (including phenoxy) is 3. The summed E-state index contributed by atoms with van der Waals surface area (Å²) < 4.78 is 21.6. The molecular weight excluding hydrogens is 488 g/mol. The second-order valence-corrected chi connectivity index (χ2v) is 11.2. The largest absolute Gasteiger partial charge is 0.494 e. The van der Waals surface area contributed by atoms with Crippen LogP contribution >= 0.6 is 0 Å². The van der Waals surface area contributed by atoms with E-state index in [1.165, 1.54) is 7.11 Å². The summed E-state index contributed by atoms with van der Waals surface area (Å²) in [6.07, 6.45) is 2.41. The molecule has 2 aromatic rings. The molecule has 0 radical (unpaired) electrons. The standard InChI is InChI=1S/C28H42N4O6/c1-18(2)24-30-26(38-31-24)32-15-12-20(13-16-32)19(3)14-17-36-22-10-8-21(9-11-22)23(25(33)35-7)29-27(34)37-28(4,5)6/h8-11,18-20,23H,12-17H2,1-7H3,(H,29,34)/t19-,23+/m1/s1. The molecule has 1 amide bonds. The van der Waals surface area contributed by atoms with E-state index in [0.29, 0.717) is 35.8 Å². The van der Waals surface area contributed by atoms with E-state index in [9.17, 15) is 9.59 Å². The molecule has 0 saturated carbocycles. The van der Waals surface area contributed by atoms with Gasteiger partial charge in [-0.15, -0.1) is 0 Å². The van der Waals surface area contributed by atoms with Crippen molar-refractivity contribution in [3.05, 3.63) is 35.7 Å². The number of anilines is 1. The molecule has 1 aliphatic heterocycles. The van der Waals surface area contributed by atoms with Crippen LogP contribution in [0.5, 0.6) is 5.75 Å². The van der Waals surface area contributed by atoms with Crippen molar-refractivity contribution in [3.63, 3.8) is 0 Å². The van der Waals surface area contributed by atoms with E-state index >= 15 is 0 Å². The van der Waals surface area contributed by atoms with Crippen molar-refractivity contribution in [3.8, 4) is 5.75 Å². The number of hydrogen-bond acceptors (Lipinski definition) is 9. The molecule has 1 fully saturated rings. The number of aromatic nitrogens is 2. The number of nitrogens with one attached hydrogen (secondary N) is 1. The quantitative estimate of drug-likeness (QED) is 0.411. The average molecular weight is 531 g/mol. The van der Waals surface area contributed by atoms with Gasteiger partial charge in [0.2, 0.25) is 0 Å². The molecule has 0 unspecified atom stereocenters. The Morgan fingerprint density at radius 3 is 2.34 bits per heavy atom. The highest BCUT2D eigenvalue weighted by molar-refractivity contribution is 5.82. The van der Waals surface area contributed by atoms with Crippen LogP contribution in [-0.2, 0) is 14.3 Å². The fourth-order valence-corrected chi connectivity index (χ4v) is 4.43. The molecule has 0 spiro atoms. The Balaban J connectivity index is 1.45. The average Bonchev–Trinajstić information content (AvgIpc) is 3.37. The van der Waals surface area contributed by atoms with Crippen LogP contribution < -0.4 is 15.0 Å². The number of alkyl carbamates (subject to hydrolysis) is 1. The number of methoxy groups -OCH3 is 1. The fraction of sp³-hybridized carbons (Fsp3) is 0.643. The summed E-state index contributed by atoms with van der Waals surface area (Å²) in [4.78, 5) is 31.2. The molecule has 210 valence electrons. The summed E-state index contributed by atoms with van der Waals surface area (Å²) in [5, 5.41) is 6.66. The molecule has 1 N–H and O–H groups in total. The van der Waals surface area contributed by atoms with Crippen molar-refractivity contribution < 1.29 is 28.3 Å². The van der Waals surface area contributed by atoms with Gasteiger partial charge in [-0.3, -0.25) is 0 Å². The number of hydrogen-bond donors (Lipinski definition) is 1. The van der Waals surface area contributed by atoms with Crippen LogP contribution in [0.15, 0.2) is 28.8 Å². The molecule has 1 aliphatic rings. The predicted octanol–water partition coefficient (Wildman–Crippen LogP) is 5.25. The first-order valence-electron chi connectivity index (χ1n) is 13.4. The highest BCUT2D eigenvalue weighted by atomic mass is 16.6. The molecule has 1 aromatic heterocycles. The summed E-state index contributed by atoms with van der Waals surface area (Å²) in [7, 11) is 1.28. The van der Waals surface area contributed by atoms with E-state index in [2.05, 4.69) is 41.1 Å². The summed E-state index contributed by atoms with van der Waals surface area (Å²) in [6, 6.07) is 6.73. The summed E-state index contributed by atoms with van der Waals surface area (Å²) in [5.74, 6) is 2.26. The normalized spacial score (nSPS) is 16.2. The molecule has 1 aromatic carbocycles. The number of carbonyl (C=O) groups excluding carboxylic acids is 2. The van der Waals surface area contributed by atoms with Gasteiger partial charge in [-0.05, 0) is 69.6 Å². The topological polar surface area (TPSA) is 116 Å². The molecule has 0 aliphatic carbocycles. The Hall–Kier alpha value is -3.30. The van der Waals surface area contributed by atoms with E-state index in [0.717, 1.165) is 38.2 Å². The third-order valence-corrected chi connectivity index (χ3v) is 6.72. The van der Waals surface area contributed by atoms with Crippen molar-refractivity contribution in [1.82, 2.24) is 15.5 Å². The van der Waals surface area contributed by atoms with Crippen LogP contribution in [0.3, 0.4) is 0 Å². The molecular formula is C28H42N4O6. The monoisotopic (exact) mass is 530 g/mol. The van der Waals surface area contributed by atoms with Crippen LogP contribution in [0.4, 0.5) is 10.8 Å². The zero-order chi connectivity index (χ0) is 27.9. The zero-order valence-electron chi connectivity index (χ0n) is 23.7. The van der Waals surface area contributed by atoms with Gasteiger partial charge >= 0.3 is 18.1 Å². The highest BCUT2D eigenvalue weighted by Crippen LogP contribution is 2.30. The zero-order valence-corrected chi connectivity index (χ0v) is 23.7. The molecule has 10 heteroatoms. The molecule has 10 nitrogen and oxygen atoms in total. The first-order valence-corrected chi connectivity index (χ1v) is 13.4. The lowest BCUT2D eigenvalue weighted by Crippen LogP contribution is -2.38. The molecule has 2 heterocycles. The summed E-state index contributed by atoms with van der Waals surface area (Å²) in [5.41, 5.74) is -0.0978. The smallest absolute Gasteiger partial charge is 0.408 e. The first kappa shape index (κ1) is 29.3. The van der Waals surface area contributed by atoms with Gasteiger partial charge in [-0.25, -0.2) is 9.59 Å². The third kappa shape index (κ3) is 8.36. The van der Waals surface area contributed by atoms with Gasteiger partial charge in [-0.1, -0.05) is 38.1 Å². The van der Waals surface area contributed by atoms with E-state index in [-0.39, 0.29) is 5.92 Å². The van der Waals surface area contributed by atoms with Gasteiger partial charge in [0.25, 0.3) is 0 Å². The van der Waals surface area contributed by atoms with Crippen LogP contribution in [0, 0.1) is 11.8 Å². The Kier molecular flexibility index (Phi) is 9.99. The highest BCUT2D eigenvalue weighted by Gasteiger charge is 2.28. The Morgan fingerprint density at radius 2 is 1.79 bits per heavy atom. The molecule has 38 heavy (non-hydrogen) atoms. The minimum Gasteiger partial charge on any atom is -0.494 e. The molecule has 3 rings (SSSR count). The Morgan fingerprint density at radius 1 is 1.13 bits per heavy atom. The van der Waals surface area contributed by atoms with Crippen molar-refractivity contribution in [2.75, 3.05) is 31.7 Å². The van der Waals surface area contributed by atoms with Crippen molar-refractivity contribution in [2.45, 2.75) is 78.4 Å². The Bertz CT molecular complexity index is 1040. The van der Waals surface area contributed by atoms with Crippen molar-refractivity contribution >= 4 is 18.1 Å². The number of amides is 1. The van der Waals surface area contributed by atoms with Gasteiger partial charge in [0.1, 0.15) is 11.4 Å². The summed E-state index contributed by atoms with van der Waals surface area (Å²) >= 11 is 0. The second kappa shape index (κ2) is 13.0. The van der Waals surface area contributed by atoms with Gasteiger partial charge in [-0.2, -0.15) is 4.98 Å². The maximum absolute atomic E-state index is 12.3. The minimum absolute atomic E-state index is 0.254. The number of esters is 1. The lowest BCUT2D eigenvalue weighted by atomic mass is 9.84. The minimum atomic E-state index is -0.973. The third-order valence-electron chi connectivity index (χ3n) is 6.72. The van der Waals surface area contributed by atoms with Crippen molar-refractivity contribution in [1.29, 1.82) is 0 Å². The molecule has 0 bridgehead atoms. The Labute approximate surface area is 225 Å². The number of rotatable bonds is 10. The van der Waals surface area contributed by atoms with Gasteiger partial charge in [0, 0.05) is 19.0 Å². The van der Waals surface area contributed by atoms with Crippen molar-refractivity contribution in [2.24, 2.45) is 11.8 Å². The van der Waals surface area contributed by atoms with Crippen LogP contribution in [0.2, 0.25) is 0 Å². The van der Waals surface area contributed by atoms with E-state index in [4.69, 9.17) is 18.7 Å². The maximum Gasteiger partial charge on any atom is 0.408 e. The lowest BCUT2D eigenvalue weighted by molar-refractivity contribution is -0.143. The summed E-state index contributed by atoms with van der Waals surface area (Å²) in [6.45, 7) is 14.1. The van der Waals surface area contributed by atoms with Gasteiger partial charge in [0.15, 0.2) is 11.9 Å². The molecule has 1 saturated heterocycles. The second-order valence-electron chi connectivity index (χ2n) is 11.2. The first-order chi connectivity index (χ1) is 18.0. The van der Waals surface area contributed by atoms with Gasteiger partial charge in [0.05, 0.1) is 13.7 Å². The fourth-order valence-electron chi connectivity index (χ4n) is 4.43. The van der Waals surface area contributed by atoms with Crippen LogP contribution in [0.25, 0.3) is 0 Å². The number of carbonyl (C=O) groups is 2. The number of benzene rings is 1. The van der Waals surface area contributed by atoms with Crippen LogP contribution in [-0.4, -0.2) is 54.6 Å². The van der Waals surface area contributed by atoms with E-state index < -0.39 is 23.7 Å². The molecule has 2 atom stereocenters. The predicted molar refractivity (Wildman–Crippen MR) is 143 cm³/mol. The van der Waals surface area contributed by atoms with Gasteiger partial charge < -0.3 is 29.0 Å². The van der Waals surface area contributed by atoms with E-state index in [1.807, 2.05) is 0 Å². The van der Waals surface area contributed by atoms with Crippen LogP contribution in [0.1, 0.15) is 84.2 Å². The SMILES string of the molecule is COC(=O)[C@@H](NC(=O)OC(C)(C)C)c1ccc(OCC[C@@H](C)C2CCN(c3nc(C(C)C)no3)CC2)cc1. The maximum atomic E-state index is 12.3. The number of piperidine rings is 1. The lowest BCUT2D eigenvalue weighted by Gasteiger charge is -2.33. The van der Waals surface area contributed by atoms with E-state index in [1.54, 1.807) is 45.0 Å².